The fourth-order valence-electron chi connectivity index (χ4n) is 5.94. The summed E-state index contributed by atoms with van der Waals surface area (Å²) in [5.74, 6) is 0.581. The highest BCUT2D eigenvalue weighted by Gasteiger charge is 2.35. The minimum atomic E-state index is -0.699. The van der Waals surface area contributed by atoms with Gasteiger partial charge in [0, 0.05) is 18.0 Å². The lowest BCUT2D eigenvalue weighted by atomic mass is 9.79. The number of rotatable bonds is 9. The molecule has 2 heterocycles. The molecule has 2 aromatic heterocycles. The molecule has 7 nitrogen and oxygen atoms in total. The van der Waals surface area contributed by atoms with Gasteiger partial charge in [0.1, 0.15) is 6.33 Å². The molecule has 39 heavy (non-hydrogen) atoms. The summed E-state index contributed by atoms with van der Waals surface area (Å²) in [7, 11) is 0. The van der Waals surface area contributed by atoms with Crippen molar-refractivity contribution in [3.63, 3.8) is 0 Å². The second kappa shape index (κ2) is 11.4. The van der Waals surface area contributed by atoms with E-state index in [4.69, 9.17) is 0 Å². The van der Waals surface area contributed by atoms with Crippen molar-refractivity contribution < 1.29 is 5.11 Å². The topological polar surface area (TPSA) is 96.2 Å². The molecule has 0 saturated heterocycles. The molecule has 0 radical (unpaired) electrons. The third-order valence-corrected chi connectivity index (χ3v) is 8.07. The standard InChI is InChI=1S/C32H35N5O2/c1-3-5-17-32(39)18-15-26(16-19-32)36-30(38)28(29(8-4-2)37-31(36)34-22-35-37)20-23-11-13-24(14-12-23)27-10-7-6-9-25(27)21-33/h3,6-7,9-14,22,26,39H,1,4-5,8,15-20H2,2H3/t26-,32+. The van der Waals surface area contributed by atoms with E-state index >= 15 is 0 Å². The van der Waals surface area contributed by atoms with Gasteiger partial charge in [-0.3, -0.25) is 9.36 Å². The van der Waals surface area contributed by atoms with E-state index in [9.17, 15) is 15.2 Å². The highest BCUT2D eigenvalue weighted by atomic mass is 16.3. The van der Waals surface area contributed by atoms with Gasteiger partial charge in [-0.05, 0) is 67.7 Å². The molecule has 200 valence electrons. The minimum absolute atomic E-state index is 0.0145. The van der Waals surface area contributed by atoms with E-state index in [1.54, 1.807) is 0 Å². The number of aliphatic hydroxyl groups is 1. The van der Waals surface area contributed by atoms with E-state index < -0.39 is 5.60 Å². The molecule has 1 saturated carbocycles. The average Bonchev–Trinajstić information content (AvgIpc) is 3.45. The number of hydrogen-bond donors (Lipinski definition) is 1. The van der Waals surface area contributed by atoms with Crippen molar-refractivity contribution in [2.24, 2.45) is 0 Å². The third kappa shape index (κ3) is 5.30. The van der Waals surface area contributed by atoms with Crippen molar-refractivity contribution in [2.45, 2.75) is 76.4 Å². The monoisotopic (exact) mass is 521 g/mol. The number of aromatic nitrogens is 4. The Bertz CT molecular complexity index is 1570. The second-order valence-corrected chi connectivity index (χ2v) is 10.6. The molecule has 0 spiro atoms. The van der Waals surface area contributed by atoms with Crippen molar-refractivity contribution >= 4 is 5.78 Å². The van der Waals surface area contributed by atoms with Crippen LogP contribution in [0, 0.1) is 11.3 Å². The summed E-state index contributed by atoms with van der Waals surface area (Å²) >= 11 is 0. The van der Waals surface area contributed by atoms with Gasteiger partial charge in [-0.25, -0.2) is 4.52 Å². The fraction of sp³-hybridized carbons (Fsp3) is 0.375. The average molecular weight is 522 g/mol. The van der Waals surface area contributed by atoms with Gasteiger partial charge in [0.2, 0.25) is 5.78 Å². The van der Waals surface area contributed by atoms with E-state index in [-0.39, 0.29) is 11.6 Å². The number of allylic oxidation sites excluding steroid dienone is 1. The van der Waals surface area contributed by atoms with Crippen molar-refractivity contribution in [2.75, 3.05) is 0 Å². The highest BCUT2D eigenvalue weighted by molar-refractivity contribution is 5.70. The second-order valence-electron chi connectivity index (χ2n) is 10.6. The molecule has 0 atom stereocenters. The van der Waals surface area contributed by atoms with Crippen LogP contribution in [0.3, 0.4) is 0 Å². The molecule has 1 fully saturated rings. The van der Waals surface area contributed by atoms with Crippen LogP contribution in [0.1, 0.15) is 80.3 Å². The lowest BCUT2D eigenvalue weighted by molar-refractivity contribution is -0.0140. The number of nitriles is 1. The largest absolute Gasteiger partial charge is 0.390 e. The summed E-state index contributed by atoms with van der Waals surface area (Å²) in [5.41, 5.74) is 4.47. The van der Waals surface area contributed by atoms with E-state index in [1.165, 1.54) is 6.33 Å². The van der Waals surface area contributed by atoms with Crippen LogP contribution in [-0.4, -0.2) is 29.9 Å². The third-order valence-electron chi connectivity index (χ3n) is 8.07. The van der Waals surface area contributed by atoms with Gasteiger partial charge in [0.25, 0.3) is 5.56 Å². The van der Waals surface area contributed by atoms with Crippen LogP contribution < -0.4 is 5.56 Å². The van der Waals surface area contributed by atoms with E-state index in [2.05, 4.69) is 29.7 Å². The first-order chi connectivity index (χ1) is 19.0. The Labute approximate surface area is 229 Å². The van der Waals surface area contributed by atoms with Crippen LogP contribution in [0.5, 0.6) is 0 Å². The minimum Gasteiger partial charge on any atom is -0.390 e. The van der Waals surface area contributed by atoms with Crippen molar-refractivity contribution in [3.8, 4) is 17.2 Å². The van der Waals surface area contributed by atoms with Crippen molar-refractivity contribution in [1.29, 1.82) is 5.26 Å². The quantitative estimate of drug-likeness (QED) is 0.282. The lowest BCUT2D eigenvalue weighted by Crippen LogP contribution is -2.39. The highest BCUT2D eigenvalue weighted by Crippen LogP contribution is 2.38. The van der Waals surface area contributed by atoms with Gasteiger partial charge in [-0.1, -0.05) is 61.9 Å². The molecule has 7 heteroatoms. The normalized spacial score (nSPS) is 19.2. The predicted molar refractivity (Wildman–Crippen MR) is 153 cm³/mol. The maximum atomic E-state index is 14.2. The van der Waals surface area contributed by atoms with Gasteiger partial charge >= 0.3 is 0 Å². The molecule has 0 bridgehead atoms. The maximum Gasteiger partial charge on any atom is 0.259 e. The molecule has 5 rings (SSSR count). The molecule has 1 aliphatic rings. The maximum absolute atomic E-state index is 14.2. The molecule has 0 aliphatic heterocycles. The Kier molecular flexibility index (Phi) is 7.76. The van der Waals surface area contributed by atoms with E-state index in [1.807, 2.05) is 63.7 Å². The molecular formula is C32H35N5O2. The molecule has 2 aromatic carbocycles. The molecule has 1 N–H and O–H groups in total. The Hall–Kier alpha value is -4.02. The summed E-state index contributed by atoms with van der Waals surface area (Å²) in [6.45, 7) is 5.89. The van der Waals surface area contributed by atoms with Crippen LogP contribution in [0.2, 0.25) is 0 Å². The number of fused-ring (bicyclic) bond motifs is 1. The number of aryl methyl sites for hydroxylation is 1. The van der Waals surface area contributed by atoms with Crippen molar-refractivity contribution in [1.82, 2.24) is 19.2 Å². The van der Waals surface area contributed by atoms with E-state index in [0.29, 0.717) is 37.0 Å². The zero-order chi connectivity index (χ0) is 27.4. The van der Waals surface area contributed by atoms with Gasteiger partial charge in [0.15, 0.2) is 0 Å². The molecular weight excluding hydrogens is 486 g/mol. The predicted octanol–water partition coefficient (Wildman–Crippen LogP) is 5.79. The Morgan fingerprint density at radius 2 is 1.92 bits per heavy atom. The van der Waals surface area contributed by atoms with Crippen LogP contribution in [0.25, 0.3) is 16.9 Å². The zero-order valence-corrected chi connectivity index (χ0v) is 22.5. The van der Waals surface area contributed by atoms with E-state index in [0.717, 1.165) is 60.1 Å². The fourth-order valence-corrected chi connectivity index (χ4v) is 5.94. The van der Waals surface area contributed by atoms with Crippen LogP contribution in [0.15, 0.2) is 72.3 Å². The summed E-state index contributed by atoms with van der Waals surface area (Å²) in [6, 6.07) is 17.9. The smallest absolute Gasteiger partial charge is 0.259 e. The van der Waals surface area contributed by atoms with Gasteiger partial charge in [-0.15, -0.1) is 6.58 Å². The van der Waals surface area contributed by atoms with Gasteiger partial charge in [-0.2, -0.15) is 15.3 Å². The van der Waals surface area contributed by atoms with Gasteiger partial charge < -0.3 is 5.11 Å². The molecule has 0 unspecified atom stereocenters. The summed E-state index contributed by atoms with van der Waals surface area (Å²) in [6.07, 6.45) is 9.69. The number of hydrogen-bond acceptors (Lipinski definition) is 5. The summed E-state index contributed by atoms with van der Waals surface area (Å²) < 4.78 is 3.67. The van der Waals surface area contributed by atoms with Crippen LogP contribution in [0.4, 0.5) is 0 Å². The number of benzene rings is 2. The Morgan fingerprint density at radius 1 is 1.18 bits per heavy atom. The zero-order valence-electron chi connectivity index (χ0n) is 22.5. The first-order valence-corrected chi connectivity index (χ1v) is 13.9. The molecule has 4 aromatic rings. The summed E-state index contributed by atoms with van der Waals surface area (Å²) in [5, 5.41) is 25.0. The molecule has 1 aliphatic carbocycles. The molecule has 0 amide bonds. The number of nitrogens with zero attached hydrogens (tertiary/aromatic N) is 5. The Morgan fingerprint density at radius 3 is 2.62 bits per heavy atom. The van der Waals surface area contributed by atoms with Crippen LogP contribution >= 0.6 is 0 Å². The van der Waals surface area contributed by atoms with Crippen LogP contribution in [-0.2, 0) is 12.8 Å². The summed E-state index contributed by atoms with van der Waals surface area (Å²) in [4.78, 5) is 18.7. The van der Waals surface area contributed by atoms with Gasteiger partial charge in [0.05, 0.1) is 22.9 Å². The van der Waals surface area contributed by atoms with Crippen molar-refractivity contribution in [3.05, 3.63) is 100 Å². The first kappa shape index (κ1) is 26.6. The first-order valence-electron chi connectivity index (χ1n) is 13.9. The SMILES string of the molecule is C=CCC[C@]1(O)CC[C@@H](n2c(=O)c(Cc3ccc(-c4ccccc4C#N)cc3)c(CCC)n3ncnc32)CC1. The Balaban J connectivity index is 1.50. The lowest BCUT2D eigenvalue weighted by Gasteiger charge is -2.36.